The van der Waals surface area contributed by atoms with Crippen LogP contribution in [0.5, 0.6) is 0 Å². The standard InChI is InChI=1S/C23H38N4O.HI/c1-19-8-5-6-14-27(19)17-22-10-4-3-9-21(22)16-26-23(24-2)25-13-7-15-28-18-20-11-12-20;/h3-4,9-10,19-20H,5-8,11-18H2,1-2H3,(H2,24,25,26);1H. The first-order valence-corrected chi connectivity index (χ1v) is 11.1. The third kappa shape index (κ3) is 8.80. The Bertz CT molecular complexity index is 621. The van der Waals surface area contributed by atoms with E-state index in [-0.39, 0.29) is 24.0 Å². The van der Waals surface area contributed by atoms with Gasteiger partial charge in [-0.2, -0.15) is 0 Å². The van der Waals surface area contributed by atoms with E-state index in [1.165, 1.54) is 49.8 Å². The largest absolute Gasteiger partial charge is 0.381 e. The summed E-state index contributed by atoms with van der Waals surface area (Å²) < 4.78 is 5.69. The highest BCUT2D eigenvalue weighted by molar-refractivity contribution is 14.0. The van der Waals surface area contributed by atoms with Crippen LogP contribution in [0.3, 0.4) is 0 Å². The lowest BCUT2D eigenvalue weighted by atomic mass is 10.0. The number of benzene rings is 1. The van der Waals surface area contributed by atoms with Gasteiger partial charge in [0.15, 0.2) is 5.96 Å². The SMILES string of the molecule is CN=C(NCCCOCC1CC1)NCc1ccccc1CN1CCCCC1C.I. The number of aliphatic imine (C=N–C) groups is 1. The molecule has 2 aliphatic rings. The van der Waals surface area contributed by atoms with Gasteiger partial charge in [0.25, 0.3) is 0 Å². The molecule has 0 bridgehead atoms. The predicted octanol–water partition coefficient (Wildman–Crippen LogP) is 4.16. The molecule has 0 aromatic heterocycles. The molecule has 0 amide bonds. The quantitative estimate of drug-likeness (QED) is 0.213. The van der Waals surface area contributed by atoms with Gasteiger partial charge in [-0.25, -0.2) is 0 Å². The highest BCUT2D eigenvalue weighted by Crippen LogP contribution is 2.28. The summed E-state index contributed by atoms with van der Waals surface area (Å²) in [5.41, 5.74) is 2.78. The van der Waals surface area contributed by atoms with Crippen molar-refractivity contribution in [2.45, 2.75) is 64.6 Å². The zero-order valence-electron chi connectivity index (χ0n) is 18.2. The van der Waals surface area contributed by atoms with E-state index in [1.54, 1.807) is 0 Å². The number of nitrogens with zero attached hydrogens (tertiary/aromatic N) is 2. The first kappa shape index (κ1) is 24.4. The van der Waals surface area contributed by atoms with Gasteiger partial charge < -0.3 is 15.4 Å². The summed E-state index contributed by atoms with van der Waals surface area (Å²) >= 11 is 0. The normalized spacial score (nSPS) is 20.2. The van der Waals surface area contributed by atoms with Crippen LogP contribution in [0.25, 0.3) is 0 Å². The Morgan fingerprint density at radius 3 is 2.66 bits per heavy atom. The minimum Gasteiger partial charge on any atom is -0.381 e. The average molecular weight is 514 g/mol. The van der Waals surface area contributed by atoms with Gasteiger partial charge in [0, 0.05) is 45.9 Å². The molecule has 5 nitrogen and oxygen atoms in total. The molecule has 29 heavy (non-hydrogen) atoms. The van der Waals surface area contributed by atoms with Crippen LogP contribution in [0.2, 0.25) is 0 Å². The van der Waals surface area contributed by atoms with E-state index in [4.69, 9.17) is 4.74 Å². The lowest BCUT2D eigenvalue weighted by Gasteiger charge is -2.33. The van der Waals surface area contributed by atoms with Crippen LogP contribution in [-0.4, -0.2) is 50.3 Å². The van der Waals surface area contributed by atoms with Crippen LogP contribution < -0.4 is 10.6 Å². The zero-order chi connectivity index (χ0) is 19.6. The summed E-state index contributed by atoms with van der Waals surface area (Å²) in [4.78, 5) is 6.98. The Morgan fingerprint density at radius 2 is 1.93 bits per heavy atom. The molecule has 1 aromatic rings. The van der Waals surface area contributed by atoms with Crippen molar-refractivity contribution in [3.8, 4) is 0 Å². The number of nitrogens with one attached hydrogen (secondary N) is 2. The predicted molar refractivity (Wildman–Crippen MR) is 132 cm³/mol. The van der Waals surface area contributed by atoms with Crippen molar-refractivity contribution in [2.75, 3.05) is 33.4 Å². The molecule has 1 aliphatic heterocycles. The second-order valence-corrected chi connectivity index (χ2v) is 8.31. The van der Waals surface area contributed by atoms with Crippen molar-refractivity contribution in [1.82, 2.24) is 15.5 Å². The average Bonchev–Trinajstić information content (AvgIpc) is 3.54. The molecular formula is C23H39IN4O. The Hall–Kier alpha value is -0.860. The van der Waals surface area contributed by atoms with Gasteiger partial charge in [-0.3, -0.25) is 9.89 Å². The molecule has 1 saturated heterocycles. The fourth-order valence-corrected chi connectivity index (χ4v) is 3.81. The molecule has 1 aromatic carbocycles. The van der Waals surface area contributed by atoms with Crippen molar-refractivity contribution >= 4 is 29.9 Å². The van der Waals surface area contributed by atoms with Gasteiger partial charge >= 0.3 is 0 Å². The van der Waals surface area contributed by atoms with E-state index in [0.29, 0.717) is 6.04 Å². The Kier molecular flexibility index (Phi) is 11.3. The summed E-state index contributed by atoms with van der Waals surface area (Å²) in [6.07, 6.45) is 7.73. The first-order chi connectivity index (χ1) is 13.8. The number of halogens is 1. The topological polar surface area (TPSA) is 48.9 Å². The molecular weight excluding hydrogens is 475 g/mol. The highest BCUT2D eigenvalue weighted by Gasteiger charge is 2.21. The minimum atomic E-state index is 0. The number of rotatable bonds is 10. The second-order valence-electron chi connectivity index (χ2n) is 8.31. The van der Waals surface area contributed by atoms with Crippen molar-refractivity contribution in [3.05, 3.63) is 35.4 Å². The molecule has 164 valence electrons. The summed E-state index contributed by atoms with van der Waals surface area (Å²) in [5.74, 6) is 1.71. The van der Waals surface area contributed by atoms with E-state index >= 15 is 0 Å². The molecule has 0 radical (unpaired) electrons. The van der Waals surface area contributed by atoms with Crippen LogP contribution in [-0.2, 0) is 17.8 Å². The Morgan fingerprint density at radius 1 is 1.14 bits per heavy atom. The van der Waals surface area contributed by atoms with Gasteiger partial charge in [-0.05, 0) is 62.6 Å². The summed E-state index contributed by atoms with van der Waals surface area (Å²) in [6.45, 7) is 8.09. The first-order valence-electron chi connectivity index (χ1n) is 11.1. The lowest BCUT2D eigenvalue weighted by molar-refractivity contribution is 0.123. The number of likely N-dealkylation sites (tertiary alicyclic amines) is 1. The van der Waals surface area contributed by atoms with Crippen LogP contribution in [0.1, 0.15) is 56.6 Å². The highest BCUT2D eigenvalue weighted by atomic mass is 127. The Labute approximate surface area is 194 Å². The van der Waals surface area contributed by atoms with Crippen molar-refractivity contribution in [3.63, 3.8) is 0 Å². The molecule has 3 rings (SSSR count). The summed E-state index contributed by atoms with van der Waals surface area (Å²) in [7, 11) is 1.83. The summed E-state index contributed by atoms with van der Waals surface area (Å²) in [5, 5.41) is 6.87. The Balaban J connectivity index is 0.00000300. The number of piperidine rings is 1. The minimum absolute atomic E-state index is 0. The fourth-order valence-electron chi connectivity index (χ4n) is 3.81. The third-order valence-corrected chi connectivity index (χ3v) is 5.91. The molecule has 1 aliphatic carbocycles. The van der Waals surface area contributed by atoms with Gasteiger partial charge in [0.05, 0.1) is 0 Å². The molecule has 1 heterocycles. The van der Waals surface area contributed by atoms with Gasteiger partial charge in [0.2, 0.25) is 0 Å². The number of hydrogen-bond donors (Lipinski definition) is 2. The van der Waals surface area contributed by atoms with Crippen molar-refractivity contribution in [2.24, 2.45) is 10.9 Å². The molecule has 2 N–H and O–H groups in total. The number of guanidine groups is 1. The van der Waals surface area contributed by atoms with Gasteiger partial charge in [0.1, 0.15) is 0 Å². The van der Waals surface area contributed by atoms with Crippen LogP contribution in [0, 0.1) is 5.92 Å². The smallest absolute Gasteiger partial charge is 0.191 e. The third-order valence-electron chi connectivity index (χ3n) is 5.91. The van der Waals surface area contributed by atoms with E-state index in [9.17, 15) is 0 Å². The maximum atomic E-state index is 5.69. The molecule has 0 spiro atoms. The fraction of sp³-hybridized carbons (Fsp3) is 0.696. The maximum absolute atomic E-state index is 5.69. The van der Waals surface area contributed by atoms with Crippen molar-refractivity contribution < 1.29 is 4.74 Å². The zero-order valence-corrected chi connectivity index (χ0v) is 20.5. The molecule has 1 unspecified atom stereocenters. The molecule has 1 atom stereocenters. The number of ether oxygens (including phenoxy) is 1. The lowest BCUT2D eigenvalue weighted by Crippen LogP contribution is -2.39. The maximum Gasteiger partial charge on any atom is 0.191 e. The molecule has 2 fully saturated rings. The van der Waals surface area contributed by atoms with Gasteiger partial charge in [-0.15, -0.1) is 24.0 Å². The summed E-state index contributed by atoms with van der Waals surface area (Å²) in [6, 6.07) is 9.48. The monoisotopic (exact) mass is 514 g/mol. The van der Waals surface area contributed by atoms with Crippen molar-refractivity contribution in [1.29, 1.82) is 0 Å². The second kappa shape index (κ2) is 13.4. The van der Waals surface area contributed by atoms with Crippen LogP contribution in [0.4, 0.5) is 0 Å². The van der Waals surface area contributed by atoms with Crippen LogP contribution >= 0.6 is 24.0 Å². The van der Waals surface area contributed by atoms with E-state index < -0.39 is 0 Å². The van der Waals surface area contributed by atoms with E-state index in [0.717, 1.165) is 51.1 Å². The van der Waals surface area contributed by atoms with E-state index in [1.807, 2.05) is 7.05 Å². The number of hydrogen-bond acceptors (Lipinski definition) is 3. The van der Waals surface area contributed by atoms with E-state index in [2.05, 4.69) is 51.7 Å². The van der Waals surface area contributed by atoms with Gasteiger partial charge in [-0.1, -0.05) is 30.7 Å². The molecule has 1 saturated carbocycles. The molecule has 6 heteroatoms. The van der Waals surface area contributed by atoms with Crippen LogP contribution in [0.15, 0.2) is 29.3 Å².